The Kier molecular flexibility index (Phi) is 9.26. The number of urea groups is 1. The number of H-pyrrole nitrogens is 4. The summed E-state index contributed by atoms with van der Waals surface area (Å²) in [5.41, 5.74) is 14.5. The number of hydrogen-bond donors (Lipinski definition) is 4. The third-order valence-electron chi connectivity index (χ3n) is 13.1. The monoisotopic (exact) mass is 850 g/mol. The average Bonchev–Trinajstić information content (AvgIpc) is 4.15. The van der Waals surface area contributed by atoms with Crippen LogP contribution in [0, 0.1) is 13.8 Å². The van der Waals surface area contributed by atoms with Gasteiger partial charge in [0.15, 0.2) is 11.6 Å². The van der Waals surface area contributed by atoms with Crippen molar-refractivity contribution in [1.82, 2.24) is 79.4 Å². The number of fused-ring (bicyclic) bond motifs is 2. The summed E-state index contributed by atoms with van der Waals surface area (Å²) in [7, 11) is 0. The van der Waals surface area contributed by atoms with Gasteiger partial charge in [-0.15, -0.1) is 0 Å². The summed E-state index contributed by atoms with van der Waals surface area (Å²) in [6.07, 6.45) is 10.9. The smallest absolute Gasteiger partial charge is 0.322 e. The van der Waals surface area contributed by atoms with Crippen molar-refractivity contribution in [3.8, 4) is 68.3 Å². The Bertz CT molecular complexity index is 2800. The summed E-state index contributed by atoms with van der Waals surface area (Å²) in [6, 6.07) is 20.0. The van der Waals surface area contributed by atoms with Crippen molar-refractivity contribution in [2.24, 2.45) is 0 Å². The van der Waals surface area contributed by atoms with Crippen LogP contribution in [0.2, 0.25) is 0 Å². The highest BCUT2D eigenvalue weighted by atomic mass is 16.2. The third kappa shape index (κ3) is 6.74. The Morgan fingerprint density at radius 1 is 0.578 bits per heavy atom. The predicted octanol–water partition coefficient (Wildman–Crippen LogP) is 7.07. The lowest BCUT2D eigenvalue weighted by Crippen LogP contribution is -2.54. The Balaban J connectivity index is 0.705. The molecule has 2 unspecified atom stereocenters. The Hall–Kier alpha value is -7.37. The van der Waals surface area contributed by atoms with Gasteiger partial charge in [-0.3, -0.25) is 29.7 Å². The fourth-order valence-electron chi connectivity index (χ4n) is 10.0. The standard InChI is InChI=1S/C47H46N16O/c1-27-7-3-9-31(54-27)43-41(50-25-52-43)29-13-15-48-33(19-29)45-56-35-21-60(22-36(35)57-45)39-11-5-17-62(39)47(64)63-18-6-12-40(63)61-23-37-38(24-61)59-46(58-37)34-20-30(14-16-49-34)42-44(53-26-51-42)32-10-4-8-28(2)55-32/h3-4,7-10,13-16,19-20,25-26,39-40H,5-6,11-12,17-18,21-24H2,1-2H3,(H,50,52)(H,51,53)(H,56,57)(H,58,59). The molecule has 64 heavy (non-hydrogen) atoms. The minimum Gasteiger partial charge on any atom is -0.343 e. The second kappa shape index (κ2) is 15.5. The molecule has 12 rings (SSSR count). The second-order valence-corrected chi connectivity index (χ2v) is 17.2. The molecule has 8 aromatic heterocycles. The van der Waals surface area contributed by atoms with E-state index in [-0.39, 0.29) is 18.4 Å². The molecule has 8 aromatic rings. The Morgan fingerprint density at radius 3 is 1.52 bits per heavy atom. The fraction of sp³-hybridized carbons (Fsp3) is 0.298. The van der Waals surface area contributed by atoms with Crippen molar-refractivity contribution < 1.29 is 4.79 Å². The summed E-state index contributed by atoms with van der Waals surface area (Å²) in [5, 5.41) is 0. The highest BCUT2D eigenvalue weighted by Crippen LogP contribution is 2.37. The molecular formula is C47H46N16O. The molecule has 2 fully saturated rings. The number of nitrogens with one attached hydrogen (secondary N) is 4. The van der Waals surface area contributed by atoms with E-state index < -0.39 is 0 Å². The van der Waals surface area contributed by atoms with Gasteiger partial charge in [-0.05, 0) is 88.1 Å². The van der Waals surface area contributed by atoms with Gasteiger partial charge < -0.3 is 29.7 Å². The van der Waals surface area contributed by atoms with Crippen molar-refractivity contribution in [2.45, 2.75) is 78.0 Å². The molecule has 0 aromatic carbocycles. The van der Waals surface area contributed by atoms with Crippen LogP contribution in [0.3, 0.4) is 0 Å². The van der Waals surface area contributed by atoms with E-state index in [9.17, 15) is 4.79 Å². The van der Waals surface area contributed by atoms with Gasteiger partial charge in [0.25, 0.3) is 0 Å². The summed E-state index contributed by atoms with van der Waals surface area (Å²) in [4.78, 5) is 75.3. The van der Waals surface area contributed by atoms with Crippen LogP contribution in [0.5, 0.6) is 0 Å². The van der Waals surface area contributed by atoms with E-state index in [0.29, 0.717) is 26.2 Å². The number of likely N-dealkylation sites (tertiary alicyclic amines) is 2. The minimum atomic E-state index is 0.0130. The molecule has 17 heteroatoms. The number of pyridine rings is 4. The van der Waals surface area contributed by atoms with Crippen molar-refractivity contribution >= 4 is 6.03 Å². The van der Waals surface area contributed by atoms with E-state index in [1.165, 1.54) is 0 Å². The number of aromatic amines is 4. The van der Waals surface area contributed by atoms with E-state index >= 15 is 0 Å². The van der Waals surface area contributed by atoms with Crippen LogP contribution >= 0.6 is 0 Å². The number of carbonyl (C=O) groups excluding carboxylic acids is 1. The van der Waals surface area contributed by atoms with E-state index in [1.807, 2.05) is 74.5 Å². The van der Waals surface area contributed by atoms with Gasteiger partial charge in [-0.2, -0.15) is 0 Å². The van der Waals surface area contributed by atoms with Crippen LogP contribution in [0.1, 0.15) is 59.8 Å². The van der Waals surface area contributed by atoms with Crippen molar-refractivity contribution in [2.75, 3.05) is 13.1 Å². The Labute approximate surface area is 368 Å². The van der Waals surface area contributed by atoms with Gasteiger partial charge >= 0.3 is 6.03 Å². The first-order valence-electron chi connectivity index (χ1n) is 22.0. The van der Waals surface area contributed by atoms with E-state index in [0.717, 1.165) is 141 Å². The molecule has 320 valence electrons. The highest BCUT2D eigenvalue weighted by Gasteiger charge is 2.43. The number of aromatic nitrogens is 12. The van der Waals surface area contributed by atoms with Crippen LogP contribution in [0.4, 0.5) is 4.79 Å². The van der Waals surface area contributed by atoms with Crippen LogP contribution in [0.15, 0.2) is 85.7 Å². The molecule has 12 heterocycles. The highest BCUT2D eigenvalue weighted by molar-refractivity contribution is 5.79. The maximum absolute atomic E-state index is 14.5. The molecule has 2 amide bonds. The fourth-order valence-corrected chi connectivity index (χ4v) is 10.0. The lowest BCUT2D eigenvalue weighted by Gasteiger charge is -2.38. The first-order valence-corrected chi connectivity index (χ1v) is 22.0. The van der Waals surface area contributed by atoms with Crippen LogP contribution in [-0.2, 0) is 26.2 Å². The van der Waals surface area contributed by atoms with Crippen molar-refractivity contribution in [3.05, 3.63) is 120 Å². The molecule has 0 bridgehead atoms. The molecule has 4 N–H and O–H groups in total. The average molecular weight is 851 g/mol. The predicted molar refractivity (Wildman–Crippen MR) is 238 cm³/mol. The zero-order valence-electron chi connectivity index (χ0n) is 35.6. The maximum Gasteiger partial charge on any atom is 0.322 e. The normalized spacial score (nSPS) is 18.7. The van der Waals surface area contributed by atoms with E-state index in [2.05, 4.69) is 59.5 Å². The molecule has 2 atom stereocenters. The molecule has 17 nitrogen and oxygen atoms in total. The lowest BCUT2D eigenvalue weighted by atomic mass is 10.1. The van der Waals surface area contributed by atoms with Gasteiger partial charge in [0, 0.05) is 74.2 Å². The summed E-state index contributed by atoms with van der Waals surface area (Å²) < 4.78 is 0. The van der Waals surface area contributed by atoms with Crippen LogP contribution in [-0.4, -0.2) is 111 Å². The minimum absolute atomic E-state index is 0.0130. The maximum atomic E-state index is 14.5. The van der Waals surface area contributed by atoms with Gasteiger partial charge in [0.2, 0.25) is 0 Å². The molecule has 0 saturated carbocycles. The number of hydrogen-bond acceptors (Lipinski definition) is 11. The van der Waals surface area contributed by atoms with Crippen LogP contribution < -0.4 is 0 Å². The number of nitrogens with zero attached hydrogens (tertiary/aromatic N) is 12. The van der Waals surface area contributed by atoms with Gasteiger partial charge in [-0.25, -0.2) is 24.7 Å². The molecule has 0 radical (unpaired) electrons. The molecule has 2 saturated heterocycles. The number of carbonyl (C=O) groups is 1. The van der Waals surface area contributed by atoms with Crippen molar-refractivity contribution in [3.63, 3.8) is 0 Å². The first-order chi connectivity index (χ1) is 31.4. The number of aryl methyl sites for hydroxylation is 2. The SMILES string of the molecule is Cc1cccc(-c2[nH]cnc2-c2ccnc(-c3nc4c([nH]3)CN(C3CCCN3C(=O)N3CCCC3N3Cc5nc(-c6cc(-c7nc[nH]c7-c7cccc(C)n7)ccn6)[nH]c5C3)C4)c2)n1. The number of rotatable bonds is 8. The number of amides is 2. The van der Waals surface area contributed by atoms with E-state index in [1.54, 1.807) is 25.0 Å². The van der Waals surface area contributed by atoms with Gasteiger partial charge in [-0.1, -0.05) is 12.1 Å². The Morgan fingerprint density at radius 2 is 1.06 bits per heavy atom. The summed E-state index contributed by atoms with van der Waals surface area (Å²) in [5.74, 6) is 1.47. The summed E-state index contributed by atoms with van der Waals surface area (Å²) >= 11 is 0. The molecule has 4 aliphatic rings. The largest absolute Gasteiger partial charge is 0.343 e. The first kappa shape index (κ1) is 38.3. The van der Waals surface area contributed by atoms with Gasteiger partial charge in [0.05, 0.1) is 81.9 Å². The molecule has 0 spiro atoms. The second-order valence-electron chi connectivity index (χ2n) is 17.2. The topological polar surface area (TPSA) is 196 Å². The van der Waals surface area contributed by atoms with E-state index in [4.69, 9.17) is 19.9 Å². The van der Waals surface area contributed by atoms with Crippen molar-refractivity contribution in [1.29, 1.82) is 0 Å². The molecular weight excluding hydrogens is 805 g/mol. The quantitative estimate of drug-likeness (QED) is 0.122. The molecule has 4 aliphatic heterocycles. The summed E-state index contributed by atoms with van der Waals surface area (Å²) in [6.45, 7) is 8.20. The third-order valence-corrected chi connectivity index (χ3v) is 13.1. The van der Waals surface area contributed by atoms with Gasteiger partial charge in [0.1, 0.15) is 11.4 Å². The zero-order valence-corrected chi connectivity index (χ0v) is 35.6. The zero-order chi connectivity index (χ0) is 42.9. The number of imidazole rings is 4. The molecule has 0 aliphatic carbocycles. The van der Waals surface area contributed by atoms with Crippen LogP contribution in [0.25, 0.3) is 68.3 Å². The lowest BCUT2D eigenvalue weighted by molar-refractivity contribution is 0.0413.